The van der Waals surface area contributed by atoms with Crippen molar-refractivity contribution in [1.82, 2.24) is 0 Å². The topological polar surface area (TPSA) is 84.5 Å². The van der Waals surface area contributed by atoms with Gasteiger partial charge in [-0.05, 0) is 48.9 Å². The van der Waals surface area contributed by atoms with E-state index in [2.05, 4.69) is 10.6 Å². The number of amides is 2. The number of thiophene rings is 1. The molecule has 2 N–H and O–H groups in total. The molecule has 1 heterocycles. The fraction of sp³-hybridized carbons (Fsp3) is 0.136. The smallest absolute Gasteiger partial charge is 0.416 e. The number of anilines is 2. The number of carbonyl (C=O) groups is 3. The number of nitrogens with one attached hydrogen (secondary N) is 2. The second kappa shape index (κ2) is 10.0. The summed E-state index contributed by atoms with van der Waals surface area (Å²) in [5, 5.41) is 5.31. The highest BCUT2D eigenvalue weighted by Crippen LogP contribution is 2.36. The minimum Gasteiger partial charge on any atom is -0.465 e. The SMILES string of the molecule is COC(=O)c1c(NC(=O)c2ccc(Cl)cc2Cl)sc(C(=O)Nc2cccc(C(F)(F)F)c2)c1C. The molecule has 2 amide bonds. The van der Waals surface area contributed by atoms with Gasteiger partial charge in [-0.2, -0.15) is 13.2 Å². The summed E-state index contributed by atoms with van der Waals surface area (Å²) in [5.74, 6) is -2.25. The van der Waals surface area contributed by atoms with Gasteiger partial charge in [0.2, 0.25) is 0 Å². The minimum atomic E-state index is -4.59. The fourth-order valence-corrected chi connectivity index (χ4v) is 4.55. The number of rotatable bonds is 5. The first kappa shape index (κ1) is 25.5. The Hall–Kier alpha value is -3.08. The van der Waals surface area contributed by atoms with E-state index in [4.69, 9.17) is 27.9 Å². The normalized spacial score (nSPS) is 11.1. The van der Waals surface area contributed by atoms with Gasteiger partial charge in [0.15, 0.2) is 0 Å². The lowest BCUT2D eigenvalue weighted by Crippen LogP contribution is -2.15. The number of ether oxygens (including phenoxy) is 1. The summed E-state index contributed by atoms with van der Waals surface area (Å²) in [6.45, 7) is 1.45. The van der Waals surface area contributed by atoms with Crippen molar-refractivity contribution < 1.29 is 32.3 Å². The average Bonchev–Trinajstić information content (AvgIpc) is 3.08. The number of hydrogen-bond donors (Lipinski definition) is 2. The molecule has 0 saturated heterocycles. The molecule has 0 spiro atoms. The van der Waals surface area contributed by atoms with Crippen molar-refractivity contribution in [2.24, 2.45) is 0 Å². The van der Waals surface area contributed by atoms with Gasteiger partial charge in [0.25, 0.3) is 11.8 Å². The predicted molar refractivity (Wildman–Crippen MR) is 124 cm³/mol. The van der Waals surface area contributed by atoms with Gasteiger partial charge in [-0.3, -0.25) is 9.59 Å². The molecule has 12 heteroatoms. The van der Waals surface area contributed by atoms with E-state index in [1.54, 1.807) is 0 Å². The lowest BCUT2D eigenvalue weighted by Gasteiger charge is -2.09. The van der Waals surface area contributed by atoms with E-state index < -0.39 is 29.5 Å². The maximum absolute atomic E-state index is 13.0. The Morgan fingerprint density at radius 3 is 2.32 bits per heavy atom. The molecule has 0 bridgehead atoms. The highest BCUT2D eigenvalue weighted by Gasteiger charge is 2.31. The van der Waals surface area contributed by atoms with Crippen molar-refractivity contribution in [2.75, 3.05) is 17.7 Å². The first-order valence-corrected chi connectivity index (χ1v) is 11.0. The van der Waals surface area contributed by atoms with Crippen LogP contribution < -0.4 is 10.6 Å². The second-order valence-electron chi connectivity index (χ2n) is 6.86. The summed E-state index contributed by atoms with van der Waals surface area (Å²) in [6.07, 6.45) is -4.59. The minimum absolute atomic E-state index is 0.00434. The quantitative estimate of drug-likeness (QED) is 0.360. The summed E-state index contributed by atoms with van der Waals surface area (Å²) in [4.78, 5) is 37.9. The summed E-state index contributed by atoms with van der Waals surface area (Å²) < 4.78 is 43.7. The number of alkyl halides is 3. The lowest BCUT2D eigenvalue weighted by molar-refractivity contribution is -0.137. The fourth-order valence-electron chi connectivity index (χ4n) is 2.97. The standard InChI is InChI=1S/C22H15Cl2F3N2O4S/c1-10-16(21(32)33-2)20(29-18(30)14-7-6-12(23)9-15(14)24)34-17(10)19(31)28-13-5-3-4-11(8-13)22(25,26)27/h3-9H,1-2H3,(H,28,31)(H,29,30). The van der Waals surface area contributed by atoms with Gasteiger partial charge >= 0.3 is 12.1 Å². The van der Waals surface area contributed by atoms with Gasteiger partial charge in [-0.15, -0.1) is 11.3 Å². The highest BCUT2D eigenvalue weighted by molar-refractivity contribution is 7.19. The molecule has 0 atom stereocenters. The van der Waals surface area contributed by atoms with E-state index in [1.807, 2.05) is 0 Å². The summed E-state index contributed by atoms with van der Waals surface area (Å²) >= 11 is 12.7. The molecule has 34 heavy (non-hydrogen) atoms. The van der Waals surface area contributed by atoms with Crippen LogP contribution in [0.4, 0.5) is 23.9 Å². The number of hydrogen-bond acceptors (Lipinski definition) is 5. The third-order valence-electron chi connectivity index (χ3n) is 4.59. The second-order valence-corrected chi connectivity index (χ2v) is 8.73. The van der Waals surface area contributed by atoms with Gasteiger partial charge in [0.05, 0.1) is 33.7 Å². The molecule has 0 aliphatic heterocycles. The van der Waals surface area contributed by atoms with E-state index in [-0.39, 0.29) is 37.3 Å². The van der Waals surface area contributed by atoms with Crippen LogP contribution in [-0.4, -0.2) is 24.9 Å². The van der Waals surface area contributed by atoms with Crippen LogP contribution >= 0.6 is 34.5 Å². The van der Waals surface area contributed by atoms with Crippen molar-refractivity contribution >= 4 is 63.0 Å². The van der Waals surface area contributed by atoms with E-state index in [1.165, 1.54) is 31.2 Å². The number of halogens is 5. The van der Waals surface area contributed by atoms with Gasteiger partial charge in [0, 0.05) is 10.7 Å². The molecule has 6 nitrogen and oxygen atoms in total. The Morgan fingerprint density at radius 2 is 1.71 bits per heavy atom. The maximum atomic E-state index is 13.0. The molecule has 0 aliphatic rings. The molecular formula is C22H15Cl2F3N2O4S. The summed E-state index contributed by atoms with van der Waals surface area (Å²) in [5.41, 5.74) is -0.844. The molecule has 178 valence electrons. The molecule has 2 aromatic carbocycles. The van der Waals surface area contributed by atoms with E-state index >= 15 is 0 Å². The molecule has 3 aromatic rings. The number of carbonyl (C=O) groups excluding carboxylic acids is 3. The number of benzene rings is 2. The van der Waals surface area contributed by atoms with E-state index in [0.29, 0.717) is 5.02 Å². The van der Waals surface area contributed by atoms with Crippen LogP contribution in [0.5, 0.6) is 0 Å². The van der Waals surface area contributed by atoms with Gasteiger partial charge in [-0.1, -0.05) is 29.3 Å². The van der Waals surface area contributed by atoms with Crippen molar-refractivity contribution in [1.29, 1.82) is 0 Å². The Kier molecular flexibility index (Phi) is 7.54. The van der Waals surface area contributed by atoms with Crippen LogP contribution in [0.2, 0.25) is 10.0 Å². The Balaban J connectivity index is 1.94. The molecular weight excluding hydrogens is 516 g/mol. The Bertz CT molecular complexity index is 1290. The van der Waals surface area contributed by atoms with Gasteiger partial charge < -0.3 is 15.4 Å². The Labute approximate surface area is 205 Å². The van der Waals surface area contributed by atoms with Crippen LogP contribution in [0.15, 0.2) is 42.5 Å². The van der Waals surface area contributed by atoms with Crippen molar-refractivity contribution in [3.05, 3.63) is 79.6 Å². The largest absolute Gasteiger partial charge is 0.465 e. The zero-order chi connectivity index (χ0) is 25.2. The third kappa shape index (κ3) is 5.52. The van der Waals surface area contributed by atoms with Crippen molar-refractivity contribution in [3.8, 4) is 0 Å². The third-order valence-corrected chi connectivity index (χ3v) is 6.35. The first-order valence-electron chi connectivity index (χ1n) is 9.39. The Morgan fingerprint density at radius 1 is 1.00 bits per heavy atom. The van der Waals surface area contributed by atoms with Crippen LogP contribution in [0.25, 0.3) is 0 Å². The zero-order valence-corrected chi connectivity index (χ0v) is 19.8. The predicted octanol–water partition coefficient (Wildman–Crippen LogP) is 6.67. The average molecular weight is 531 g/mol. The summed E-state index contributed by atoms with van der Waals surface area (Å²) in [7, 11) is 1.13. The van der Waals surface area contributed by atoms with Crippen LogP contribution in [0.1, 0.15) is 41.5 Å². The lowest BCUT2D eigenvalue weighted by atomic mass is 10.1. The van der Waals surface area contributed by atoms with Crippen molar-refractivity contribution in [2.45, 2.75) is 13.1 Å². The molecule has 0 unspecified atom stereocenters. The molecule has 0 aliphatic carbocycles. The number of methoxy groups -OCH3 is 1. The molecule has 1 aromatic heterocycles. The molecule has 0 radical (unpaired) electrons. The van der Waals surface area contributed by atoms with Gasteiger partial charge in [-0.25, -0.2) is 4.79 Å². The van der Waals surface area contributed by atoms with E-state index in [0.717, 1.165) is 36.6 Å². The summed E-state index contributed by atoms with van der Waals surface area (Å²) in [6, 6.07) is 8.32. The van der Waals surface area contributed by atoms with Crippen LogP contribution in [0.3, 0.4) is 0 Å². The molecule has 0 fully saturated rings. The molecule has 3 rings (SSSR count). The van der Waals surface area contributed by atoms with E-state index in [9.17, 15) is 27.6 Å². The monoisotopic (exact) mass is 530 g/mol. The highest BCUT2D eigenvalue weighted by atomic mass is 35.5. The molecule has 0 saturated carbocycles. The maximum Gasteiger partial charge on any atom is 0.416 e. The van der Waals surface area contributed by atoms with Crippen LogP contribution in [0, 0.1) is 6.92 Å². The van der Waals surface area contributed by atoms with Gasteiger partial charge in [0.1, 0.15) is 5.00 Å². The van der Waals surface area contributed by atoms with Crippen LogP contribution in [-0.2, 0) is 10.9 Å². The zero-order valence-electron chi connectivity index (χ0n) is 17.5. The first-order chi connectivity index (χ1) is 15.9. The number of esters is 1. The van der Waals surface area contributed by atoms with Crippen molar-refractivity contribution in [3.63, 3.8) is 0 Å².